The molecule has 0 saturated heterocycles. The SMILES string of the molecule is COc1cc(C=Nn2c(C3CCCCC3)nc3ccc(Br)cc3c2=O)cc2c1OCO2. The first-order chi connectivity index (χ1) is 15.1. The number of fused-ring (bicyclic) bond motifs is 2. The van der Waals surface area contributed by atoms with E-state index in [0.29, 0.717) is 28.2 Å². The van der Waals surface area contributed by atoms with E-state index < -0.39 is 0 Å². The van der Waals surface area contributed by atoms with Crippen molar-refractivity contribution in [3.63, 3.8) is 0 Å². The van der Waals surface area contributed by atoms with E-state index in [4.69, 9.17) is 19.2 Å². The van der Waals surface area contributed by atoms with Crippen molar-refractivity contribution in [2.75, 3.05) is 13.9 Å². The quantitative estimate of drug-likeness (QED) is 0.497. The molecule has 31 heavy (non-hydrogen) atoms. The molecule has 5 rings (SSSR count). The molecule has 0 N–H and O–H groups in total. The Morgan fingerprint density at radius 3 is 2.84 bits per heavy atom. The summed E-state index contributed by atoms with van der Waals surface area (Å²) >= 11 is 3.45. The molecule has 0 unspecified atom stereocenters. The van der Waals surface area contributed by atoms with Crippen LogP contribution in [0.5, 0.6) is 17.2 Å². The van der Waals surface area contributed by atoms with Gasteiger partial charge in [-0.05, 0) is 43.2 Å². The van der Waals surface area contributed by atoms with Crippen LogP contribution in [-0.4, -0.2) is 29.8 Å². The van der Waals surface area contributed by atoms with Crippen molar-refractivity contribution in [2.24, 2.45) is 5.10 Å². The van der Waals surface area contributed by atoms with E-state index in [1.807, 2.05) is 24.3 Å². The standard InChI is InChI=1S/C23H22BrN3O4/c1-29-19-9-14(10-20-21(19)31-13-30-20)12-25-27-22(15-5-3-2-4-6-15)26-18-8-7-16(24)11-17(18)23(27)28/h7-12,15H,2-6,13H2,1H3. The molecule has 3 aromatic rings. The molecule has 1 saturated carbocycles. The van der Waals surface area contributed by atoms with Crippen molar-refractivity contribution < 1.29 is 14.2 Å². The number of ether oxygens (including phenoxy) is 3. The zero-order chi connectivity index (χ0) is 21.4. The van der Waals surface area contributed by atoms with Crippen molar-refractivity contribution >= 4 is 33.0 Å². The number of methoxy groups -OCH3 is 1. The highest BCUT2D eigenvalue weighted by atomic mass is 79.9. The first kappa shape index (κ1) is 20.1. The predicted molar refractivity (Wildman–Crippen MR) is 122 cm³/mol. The van der Waals surface area contributed by atoms with Crippen molar-refractivity contribution in [3.05, 3.63) is 56.5 Å². The zero-order valence-electron chi connectivity index (χ0n) is 17.1. The van der Waals surface area contributed by atoms with Gasteiger partial charge < -0.3 is 14.2 Å². The third-order valence-electron chi connectivity index (χ3n) is 5.81. The van der Waals surface area contributed by atoms with Crippen LogP contribution in [-0.2, 0) is 0 Å². The molecular formula is C23H22BrN3O4. The largest absolute Gasteiger partial charge is 0.493 e. The molecule has 0 amide bonds. The van der Waals surface area contributed by atoms with Gasteiger partial charge >= 0.3 is 0 Å². The van der Waals surface area contributed by atoms with Crippen molar-refractivity contribution in [1.29, 1.82) is 0 Å². The highest BCUT2D eigenvalue weighted by Crippen LogP contribution is 2.41. The maximum Gasteiger partial charge on any atom is 0.282 e. The summed E-state index contributed by atoms with van der Waals surface area (Å²) in [4.78, 5) is 18.3. The molecular weight excluding hydrogens is 462 g/mol. The summed E-state index contributed by atoms with van der Waals surface area (Å²) in [7, 11) is 1.58. The number of aromatic nitrogens is 2. The van der Waals surface area contributed by atoms with E-state index in [9.17, 15) is 4.79 Å². The molecule has 1 aromatic heterocycles. The maximum absolute atomic E-state index is 13.4. The molecule has 0 spiro atoms. The molecule has 8 heteroatoms. The van der Waals surface area contributed by atoms with Gasteiger partial charge in [-0.1, -0.05) is 35.2 Å². The Kier molecular flexibility index (Phi) is 5.40. The van der Waals surface area contributed by atoms with Crippen LogP contribution in [0.15, 0.2) is 44.7 Å². The Morgan fingerprint density at radius 2 is 2.03 bits per heavy atom. The minimum atomic E-state index is -0.171. The van der Waals surface area contributed by atoms with Crippen LogP contribution in [0.1, 0.15) is 49.4 Å². The number of halogens is 1. The predicted octanol–water partition coefficient (Wildman–Crippen LogP) is 4.83. The van der Waals surface area contributed by atoms with Gasteiger partial charge in [0.15, 0.2) is 11.5 Å². The van der Waals surface area contributed by atoms with Gasteiger partial charge in [0, 0.05) is 16.0 Å². The fourth-order valence-electron chi connectivity index (χ4n) is 4.25. The smallest absolute Gasteiger partial charge is 0.282 e. The summed E-state index contributed by atoms with van der Waals surface area (Å²) in [5.41, 5.74) is 1.28. The number of hydrogen-bond acceptors (Lipinski definition) is 6. The number of nitrogens with zero attached hydrogens (tertiary/aromatic N) is 3. The monoisotopic (exact) mass is 483 g/mol. The van der Waals surface area contributed by atoms with Crippen LogP contribution in [0.4, 0.5) is 0 Å². The molecule has 2 aromatic carbocycles. The summed E-state index contributed by atoms with van der Waals surface area (Å²) < 4.78 is 18.7. The minimum Gasteiger partial charge on any atom is -0.493 e. The van der Waals surface area contributed by atoms with E-state index in [1.54, 1.807) is 19.4 Å². The van der Waals surface area contributed by atoms with E-state index in [2.05, 4.69) is 21.0 Å². The molecule has 1 aliphatic heterocycles. The van der Waals surface area contributed by atoms with Gasteiger partial charge in [-0.25, -0.2) is 4.98 Å². The summed E-state index contributed by atoms with van der Waals surface area (Å²) in [6.45, 7) is 0.154. The summed E-state index contributed by atoms with van der Waals surface area (Å²) in [5, 5.41) is 5.12. The lowest BCUT2D eigenvalue weighted by atomic mass is 9.88. The second-order valence-corrected chi connectivity index (χ2v) is 8.70. The minimum absolute atomic E-state index is 0.154. The Balaban J connectivity index is 1.63. The second kappa shape index (κ2) is 8.34. The Hall–Kier alpha value is -2.87. The first-order valence-electron chi connectivity index (χ1n) is 10.4. The molecule has 2 aliphatic rings. The Labute approximate surface area is 187 Å². The molecule has 2 heterocycles. The van der Waals surface area contributed by atoms with Gasteiger partial charge in [-0.15, -0.1) is 0 Å². The molecule has 160 valence electrons. The van der Waals surface area contributed by atoms with Crippen LogP contribution in [0.3, 0.4) is 0 Å². The third-order valence-corrected chi connectivity index (χ3v) is 6.30. The molecule has 0 radical (unpaired) electrons. The number of hydrogen-bond donors (Lipinski definition) is 0. The molecule has 0 atom stereocenters. The molecule has 1 fully saturated rings. The van der Waals surface area contributed by atoms with Crippen molar-refractivity contribution in [3.8, 4) is 17.2 Å². The molecule has 0 bridgehead atoms. The van der Waals surface area contributed by atoms with Crippen LogP contribution >= 0.6 is 15.9 Å². The lowest BCUT2D eigenvalue weighted by molar-refractivity contribution is 0.171. The van der Waals surface area contributed by atoms with Crippen LogP contribution < -0.4 is 19.8 Å². The van der Waals surface area contributed by atoms with E-state index in [1.165, 1.54) is 11.1 Å². The van der Waals surface area contributed by atoms with Crippen molar-refractivity contribution in [1.82, 2.24) is 9.66 Å². The van der Waals surface area contributed by atoms with Gasteiger partial charge in [0.25, 0.3) is 5.56 Å². The lowest BCUT2D eigenvalue weighted by Crippen LogP contribution is -2.25. The molecule has 7 nitrogen and oxygen atoms in total. The molecule has 1 aliphatic carbocycles. The lowest BCUT2D eigenvalue weighted by Gasteiger charge is -2.22. The van der Waals surface area contributed by atoms with Gasteiger partial charge in [-0.3, -0.25) is 4.79 Å². The van der Waals surface area contributed by atoms with Gasteiger partial charge in [0.1, 0.15) is 5.82 Å². The zero-order valence-corrected chi connectivity index (χ0v) is 18.7. The van der Waals surface area contributed by atoms with E-state index in [0.717, 1.165) is 41.5 Å². The summed E-state index contributed by atoms with van der Waals surface area (Å²) in [6, 6.07) is 9.22. The normalized spacial score (nSPS) is 16.3. The number of benzene rings is 2. The van der Waals surface area contributed by atoms with Crippen molar-refractivity contribution in [2.45, 2.75) is 38.0 Å². The van der Waals surface area contributed by atoms with Crippen LogP contribution in [0.25, 0.3) is 10.9 Å². The first-order valence-corrected chi connectivity index (χ1v) is 11.2. The topological polar surface area (TPSA) is 74.9 Å². The van der Waals surface area contributed by atoms with Gasteiger partial charge in [0.05, 0.1) is 24.2 Å². The maximum atomic E-state index is 13.4. The fourth-order valence-corrected chi connectivity index (χ4v) is 4.61. The third kappa shape index (κ3) is 3.80. The Bertz CT molecular complexity index is 1230. The van der Waals surface area contributed by atoms with E-state index in [-0.39, 0.29) is 18.3 Å². The van der Waals surface area contributed by atoms with E-state index >= 15 is 0 Å². The second-order valence-electron chi connectivity index (χ2n) is 7.78. The number of rotatable bonds is 4. The van der Waals surface area contributed by atoms with Crippen LogP contribution in [0, 0.1) is 0 Å². The average molecular weight is 484 g/mol. The highest BCUT2D eigenvalue weighted by molar-refractivity contribution is 9.10. The van der Waals surface area contributed by atoms with Gasteiger partial charge in [-0.2, -0.15) is 9.78 Å². The Morgan fingerprint density at radius 1 is 1.19 bits per heavy atom. The van der Waals surface area contributed by atoms with Crippen LogP contribution in [0.2, 0.25) is 0 Å². The highest BCUT2D eigenvalue weighted by Gasteiger charge is 2.23. The summed E-state index contributed by atoms with van der Waals surface area (Å²) in [5.74, 6) is 2.69. The van der Waals surface area contributed by atoms with Gasteiger partial charge in [0.2, 0.25) is 12.5 Å². The average Bonchev–Trinajstić information content (AvgIpc) is 3.27. The fraction of sp³-hybridized carbons (Fsp3) is 0.348. The summed E-state index contributed by atoms with van der Waals surface area (Å²) in [6.07, 6.45) is 7.18.